The molecule has 0 bridgehead atoms. The van der Waals surface area contributed by atoms with E-state index in [0.29, 0.717) is 0 Å². The summed E-state index contributed by atoms with van der Waals surface area (Å²) in [5, 5.41) is 3.86. The second-order valence-corrected chi connectivity index (χ2v) is 6.72. The van der Waals surface area contributed by atoms with Gasteiger partial charge in [0, 0.05) is 24.2 Å². The van der Waals surface area contributed by atoms with Crippen molar-refractivity contribution in [2.75, 3.05) is 13.6 Å². The number of nitrogens with zero attached hydrogens (tertiary/aromatic N) is 2. The summed E-state index contributed by atoms with van der Waals surface area (Å²) in [6, 6.07) is 9.62. The first kappa shape index (κ1) is 16.9. The maximum Gasteiger partial charge on any atom is 0.240 e. The van der Waals surface area contributed by atoms with Gasteiger partial charge in [-0.1, -0.05) is 24.3 Å². The van der Waals surface area contributed by atoms with Crippen molar-refractivity contribution in [3.8, 4) is 0 Å². The van der Waals surface area contributed by atoms with E-state index in [2.05, 4.69) is 10.3 Å². The summed E-state index contributed by atoms with van der Waals surface area (Å²) in [4.78, 5) is 30.1. The average Bonchev–Trinajstić information content (AvgIpc) is 2.45. The Balaban J connectivity index is 2.04. The van der Waals surface area contributed by atoms with Gasteiger partial charge < -0.3 is 10.2 Å². The van der Waals surface area contributed by atoms with Crippen molar-refractivity contribution >= 4 is 22.7 Å². The summed E-state index contributed by atoms with van der Waals surface area (Å²) >= 11 is 0. The molecule has 0 aliphatic rings. The van der Waals surface area contributed by atoms with Crippen LogP contribution < -0.4 is 5.32 Å². The first-order valence-electron chi connectivity index (χ1n) is 7.64. The maximum atomic E-state index is 12.4. The molecule has 0 spiro atoms. The first-order chi connectivity index (χ1) is 10.8. The van der Waals surface area contributed by atoms with Crippen LogP contribution in [0.3, 0.4) is 0 Å². The molecule has 1 N–H and O–H groups in total. The van der Waals surface area contributed by atoms with Crippen molar-refractivity contribution in [1.29, 1.82) is 0 Å². The molecule has 0 aliphatic carbocycles. The molecule has 5 heteroatoms. The number of aromatic nitrogens is 1. The predicted molar refractivity (Wildman–Crippen MR) is 91.0 cm³/mol. The minimum atomic E-state index is -0.305. The maximum absolute atomic E-state index is 12.4. The highest BCUT2D eigenvalue weighted by Gasteiger charge is 2.18. The third kappa shape index (κ3) is 4.77. The molecule has 1 aromatic heterocycles. The zero-order chi connectivity index (χ0) is 17.0. The minimum Gasteiger partial charge on any atom is -0.350 e. The first-order valence-corrected chi connectivity index (χ1v) is 7.64. The van der Waals surface area contributed by atoms with E-state index in [1.807, 2.05) is 51.1 Å². The number of hydrogen-bond acceptors (Lipinski definition) is 3. The van der Waals surface area contributed by atoms with E-state index in [9.17, 15) is 9.59 Å². The quantitative estimate of drug-likeness (QED) is 0.941. The number of carbonyl (C=O) groups is 2. The molecule has 23 heavy (non-hydrogen) atoms. The van der Waals surface area contributed by atoms with Gasteiger partial charge in [-0.25, -0.2) is 0 Å². The predicted octanol–water partition coefficient (Wildman–Crippen LogP) is 2.15. The van der Waals surface area contributed by atoms with Gasteiger partial charge in [-0.2, -0.15) is 0 Å². The Morgan fingerprint density at radius 1 is 1.17 bits per heavy atom. The van der Waals surface area contributed by atoms with Crippen LogP contribution >= 0.6 is 0 Å². The van der Waals surface area contributed by atoms with Crippen molar-refractivity contribution in [1.82, 2.24) is 15.2 Å². The number of fused-ring (bicyclic) bond motifs is 1. The summed E-state index contributed by atoms with van der Waals surface area (Å²) < 4.78 is 0. The van der Waals surface area contributed by atoms with Crippen LogP contribution in [-0.2, 0) is 16.0 Å². The van der Waals surface area contributed by atoms with Gasteiger partial charge in [-0.3, -0.25) is 14.6 Å². The highest BCUT2D eigenvalue weighted by molar-refractivity contribution is 5.89. The van der Waals surface area contributed by atoms with E-state index >= 15 is 0 Å². The van der Waals surface area contributed by atoms with Gasteiger partial charge in [-0.05, 0) is 32.4 Å². The molecule has 5 nitrogen and oxygen atoms in total. The number of carbonyl (C=O) groups excluding carboxylic acids is 2. The van der Waals surface area contributed by atoms with Crippen molar-refractivity contribution in [3.63, 3.8) is 0 Å². The molecule has 0 unspecified atom stereocenters. The Morgan fingerprint density at radius 3 is 2.57 bits per heavy atom. The molecule has 1 heterocycles. The van der Waals surface area contributed by atoms with Crippen LogP contribution in [0.1, 0.15) is 26.3 Å². The molecule has 2 aromatic rings. The van der Waals surface area contributed by atoms with Gasteiger partial charge in [0.15, 0.2) is 0 Å². The molecule has 0 fully saturated rings. The largest absolute Gasteiger partial charge is 0.350 e. The second-order valence-electron chi connectivity index (χ2n) is 6.72. The molecule has 2 amide bonds. The number of benzene rings is 1. The summed E-state index contributed by atoms with van der Waals surface area (Å²) in [6.45, 7) is 5.78. The van der Waals surface area contributed by atoms with Crippen LogP contribution in [0.2, 0.25) is 0 Å². The lowest BCUT2D eigenvalue weighted by atomic mass is 10.1. The van der Waals surface area contributed by atoms with Crippen molar-refractivity contribution in [2.45, 2.75) is 32.7 Å². The highest BCUT2D eigenvalue weighted by atomic mass is 16.2. The van der Waals surface area contributed by atoms with Crippen molar-refractivity contribution < 1.29 is 9.59 Å². The van der Waals surface area contributed by atoms with E-state index in [1.165, 1.54) is 4.90 Å². The number of amides is 2. The molecule has 2 rings (SSSR count). The minimum absolute atomic E-state index is 0.0499. The molecule has 1 aromatic carbocycles. The summed E-state index contributed by atoms with van der Waals surface area (Å²) in [5.41, 5.74) is 1.40. The van der Waals surface area contributed by atoms with E-state index in [0.717, 1.165) is 16.5 Å². The van der Waals surface area contributed by atoms with E-state index < -0.39 is 0 Å². The van der Waals surface area contributed by atoms with Crippen LogP contribution in [0.5, 0.6) is 0 Å². The molecular formula is C18H23N3O2. The molecule has 0 saturated heterocycles. The SMILES string of the molecule is CN(CC(=O)NC(C)(C)C)C(=O)Cc1cccc2cccnc12. The lowest BCUT2D eigenvalue weighted by Crippen LogP contribution is -2.46. The number of nitrogens with one attached hydrogen (secondary N) is 1. The molecule has 0 atom stereocenters. The number of rotatable bonds is 4. The van der Waals surface area contributed by atoms with Crippen LogP contribution in [0, 0.1) is 0 Å². The van der Waals surface area contributed by atoms with Crippen molar-refractivity contribution in [2.24, 2.45) is 0 Å². The fraction of sp³-hybridized carbons (Fsp3) is 0.389. The monoisotopic (exact) mass is 313 g/mol. The molecule has 0 aliphatic heterocycles. The van der Waals surface area contributed by atoms with Gasteiger partial charge in [0.1, 0.15) is 0 Å². The Labute approximate surface area is 136 Å². The van der Waals surface area contributed by atoms with Crippen LogP contribution in [0.4, 0.5) is 0 Å². The number of para-hydroxylation sites is 1. The number of pyridine rings is 1. The molecule has 122 valence electrons. The van der Waals surface area contributed by atoms with Gasteiger partial charge in [0.25, 0.3) is 0 Å². The van der Waals surface area contributed by atoms with Crippen LogP contribution in [0.15, 0.2) is 36.5 Å². The average molecular weight is 313 g/mol. The van der Waals surface area contributed by atoms with Gasteiger partial charge in [-0.15, -0.1) is 0 Å². The highest BCUT2D eigenvalue weighted by Crippen LogP contribution is 2.16. The zero-order valence-electron chi connectivity index (χ0n) is 14.1. The third-order valence-corrected chi connectivity index (χ3v) is 3.38. The Morgan fingerprint density at radius 2 is 1.87 bits per heavy atom. The van der Waals surface area contributed by atoms with Crippen LogP contribution in [0.25, 0.3) is 10.9 Å². The Hall–Kier alpha value is -2.43. The Bertz CT molecular complexity index is 714. The van der Waals surface area contributed by atoms with Gasteiger partial charge in [0.05, 0.1) is 18.5 Å². The third-order valence-electron chi connectivity index (χ3n) is 3.38. The van der Waals surface area contributed by atoms with Crippen LogP contribution in [-0.4, -0.2) is 40.8 Å². The summed E-state index contributed by atoms with van der Waals surface area (Å²) in [5.74, 6) is -0.267. The van der Waals surface area contributed by atoms with Gasteiger partial charge >= 0.3 is 0 Å². The normalized spacial score (nSPS) is 11.3. The van der Waals surface area contributed by atoms with Crippen molar-refractivity contribution in [3.05, 3.63) is 42.1 Å². The van der Waals surface area contributed by atoms with Gasteiger partial charge in [0.2, 0.25) is 11.8 Å². The zero-order valence-corrected chi connectivity index (χ0v) is 14.1. The lowest BCUT2D eigenvalue weighted by molar-refractivity contribution is -0.134. The molecule has 0 saturated carbocycles. The van der Waals surface area contributed by atoms with E-state index in [-0.39, 0.29) is 30.3 Å². The number of likely N-dealkylation sites (N-methyl/N-ethyl adjacent to an activating group) is 1. The summed E-state index contributed by atoms with van der Waals surface area (Å²) in [7, 11) is 1.64. The fourth-order valence-corrected chi connectivity index (χ4v) is 2.37. The Kier molecular flexibility index (Phi) is 4.98. The standard InChI is InChI=1S/C18H23N3O2/c1-18(2,3)20-15(22)12-21(4)16(23)11-14-8-5-7-13-9-6-10-19-17(13)14/h5-10H,11-12H2,1-4H3,(H,20,22). The van der Waals surface area contributed by atoms with E-state index in [4.69, 9.17) is 0 Å². The fourth-order valence-electron chi connectivity index (χ4n) is 2.37. The molecule has 0 radical (unpaired) electrons. The number of hydrogen-bond donors (Lipinski definition) is 1. The topological polar surface area (TPSA) is 62.3 Å². The summed E-state index contributed by atoms with van der Waals surface area (Å²) in [6.07, 6.45) is 1.95. The molecular weight excluding hydrogens is 290 g/mol. The van der Waals surface area contributed by atoms with E-state index in [1.54, 1.807) is 13.2 Å². The lowest BCUT2D eigenvalue weighted by Gasteiger charge is -2.23. The second kappa shape index (κ2) is 6.77. The smallest absolute Gasteiger partial charge is 0.240 e.